The Balaban J connectivity index is 0.000000350. The summed E-state index contributed by atoms with van der Waals surface area (Å²) in [5, 5.41) is 0. The van der Waals surface area contributed by atoms with Crippen molar-refractivity contribution >= 4 is 23.8 Å². The van der Waals surface area contributed by atoms with Crippen LogP contribution in [-0.2, 0) is 41.7 Å². The van der Waals surface area contributed by atoms with Gasteiger partial charge in [0, 0.05) is 52.9 Å². The summed E-state index contributed by atoms with van der Waals surface area (Å²) in [5.74, 6) is 5.35. The van der Waals surface area contributed by atoms with Gasteiger partial charge in [-0.25, -0.2) is 0 Å². The lowest BCUT2D eigenvalue weighted by molar-refractivity contribution is -0.141. The monoisotopic (exact) mass is 915 g/mol. The number of methoxy groups -OCH3 is 2. The molecule has 0 unspecified atom stereocenters. The molecular formula is C58H94N2O6. The number of esters is 2. The number of carbonyl (C=O) groups is 4. The third-order valence-corrected chi connectivity index (χ3v) is 18.0. The lowest BCUT2D eigenvalue weighted by atomic mass is 9.77. The van der Waals surface area contributed by atoms with Crippen molar-refractivity contribution in [2.75, 3.05) is 28.3 Å². The summed E-state index contributed by atoms with van der Waals surface area (Å²) in [5.41, 5.74) is 15.9. The van der Waals surface area contributed by atoms with Crippen LogP contribution in [0.2, 0.25) is 0 Å². The van der Waals surface area contributed by atoms with E-state index in [0.717, 1.165) is 50.4 Å². The maximum absolute atomic E-state index is 13.2. The largest absolute Gasteiger partial charge is 0.469 e. The molecule has 2 saturated carbocycles. The van der Waals surface area contributed by atoms with E-state index in [1.807, 2.05) is 23.9 Å². The van der Waals surface area contributed by atoms with Crippen molar-refractivity contribution in [1.82, 2.24) is 9.80 Å². The Kier molecular flexibility index (Phi) is 22.5. The number of nitrogens with zero attached hydrogens (tertiary/aromatic N) is 2. The lowest BCUT2D eigenvalue weighted by Crippen LogP contribution is -2.29. The predicted molar refractivity (Wildman–Crippen MR) is 272 cm³/mol. The first kappa shape index (κ1) is 56.6. The van der Waals surface area contributed by atoms with E-state index in [2.05, 4.69) is 96.9 Å². The van der Waals surface area contributed by atoms with Gasteiger partial charge in [-0.3, -0.25) is 19.2 Å². The van der Waals surface area contributed by atoms with Crippen LogP contribution in [0.4, 0.5) is 0 Å². The molecule has 0 spiro atoms. The highest BCUT2D eigenvalue weighted by Gasteiger charge is 2.37. The van der Waals surface area contributed by atoms with Crippen molar-refractivity contribution in [1.29, 1.82) is 0 Å². The molecule has 4 rings (SSSR count). The summed E-state index contributed by atoms with van der Waals surface area (Å²) in [6.45, 7) is 32.6. The molecule has 0 aliphatic heterocycles. The highest BCUT2D eigenvalue weighted by molar-refractivity contribution is 5.76. The van der Waals surface area contributed by atoms with Crippen molar-refractivity contribution in [3.8, 4) is 0 Å². The molecule has 2 aliphatic carbocycles. The van der Waals surface area contributed by atoms with Crippen molar-refractivity contribution in [2.24, 2.45) is 47.3 Å². The fourth-order valence-electron chi connectivity index (χ4n) is 11.8. The number of ether oxygens (including phenoxy) is 2. The molecule has 2 amide bonds. The lowest BCUT2D eigenvalue weighted by Gasteiger charge is -2.29. The van der Waals surface area contributed by atoms with E-state index in [1.165, 1.54) is 107 Å². The van der Waals surface area contributed by atoms with Gasteiger partial charge in [-0.05, 0) is 235 Å². The fraction of sp³-hybridized carbons (Fsp3) is 0.724. The van der Waals surface area contributed by atoms with Crippen LogP contribution >= 0.6 is 0 Å². The molecule has 0 bridgehead atoms. The average molecular weight is 915 g/mol. The summed E-state index contributed by atoms with van der Waals surface area (Å²) in [7, 11) is 6.79. The van der Waals surface area contributed by atoms with Crippen LogP contribution < -0.4 is 0 Å². The molecule has 2 aromatic rings. The van der Waals surface area contributed by atoms with E-state index >= 15 is 0 Å². The second kappa shape index (κ2) is 26.2. The zero-order chi connectivity index (χ0) is 49.7. The summed E-state index contributed by atoms with van der Waals surface area (Å²) < 4.78 is 9.65. The first-order valence-electron chi connectivity index (χ1n) is 25.7. The second-order valence-corrected chi connectivity index (χ2v) is 21.4. The molecule has 372 valence electrons. The Labute approximate surface area is 403 Å². The molecule has 8 heteroatoms. The van der Waals surface area contributed by atoms with Gasteiger partial charge in [0.05, 0.1) is 14.2 Å². The highest BCUT2D eigenvalue weighted by Crippen LogP contribution is 2.45. The average Bonchev–Trinajstić information content (AvgIpc) is 3.82. The number of benzene rings is 2. The third-order valence-electron chi connectivity index (χ3n) is 18.0. The molecule has 2 aliphatic rings. The molecule has 2 fully saturated rings. The normalized spacial score (nSPS) is 21.2. The summed E-state index contributed by atoms with van der Waals surface area (Å²) in [4.78, 5) is 53.3. The van der Waals surface area contributed by atoms with Crippen LogP contribution in [0.25, 0.3) is 0 Å². The minimum atomic E-state index is -0.133. The zero-order valence-corrected chi connectivity index (χ0v) is 45.3. The number of carbonyl (C=O) groups excluding carboxylic acids is 4. The van der Waals surface area contributed by atoms with Gasteiger partial charge >= 0.3 is 11.9 Å². The van der Waals surface area contributed by atoms with Crippen LogP contribution in [0.1, 0.15) is 184 Å². The van der Waals surface area contributed by atoms with E-state index in [1.54, 1.807) is 0 Å². The quantitative estimate of drug-likeness (QED) is 0.123. The van der Waals surface area contributed by atoms with Gasteiger partial charge in [-0.1, -0.05) is 40.5 Å². The minimum Gasteiger partial charge on any atom is -0.469 e. The Morgan fingerprint density at radius 2 is 0.742 bits per heavy atom. The summed E-state index contributed by atoms with van der Waals surface area (Å²) in [6, 6.07) is 0. The van der Waals surface area contributed by atoms with Crippen molar-refractivity contribution in [3.05, 3.63) is 66.8 Å². The molecule has 8 nitrogen and oxygen atoms in total. The number of hydrogen-bond donors (Lipinski definition) is 0. The Morgan fingerprint density at radius 1 is 0.455 bits per heavy atom. The maximum Gasteiger partial charge on any atom is 0.305 e. The van der Waals surface area contributed by atoms with Gasteiger partial charge in [0.15, 0.2) is 0 Å². The standard InChI is InChI=1S/2C29H47NO3/c2*1-18-13-15-26(19(18)2)25(11-10-12-29(32)33-9)14-16-28(31)30(8)17-27-23(6)21(4)20(3)22(5)24(27)7/h2*18-19,25-26H,10-17H2,1-9H3/t18-,19-,25+,26+;18-,19-,25-,26+/m11/s1. The fourth-order valence-corrected chi connectivity index (χ4v) is 11.8. The minimum absolute atomic E-state index is 0.133. The van der Waals surface area contributed by atoms with E-state index in [0.29, 0.717) is 74.3 Å². The molecule has 8 atom stereocenters. The molecular weight excluding hydrogens is 821 g/mol. The smallest absolute Gasteiger partial charge is 0.305 e. The summed E-state index contributed by atoms with van der Waals surface area (Å²) >= 11 is 0. The highest BCUT2D eigenvalue weighted by atomic mass is 16.5. The Bertz CT molecular complexity index is 1770. The SMILES string of the molecule is COC(=O)CCC[C@@H](CCC(=O)N(C)Cc1c(C)c(C)c(C)c(C)c1C)[C@H]1CC[C@@H](C)[C@H]1C.COC(=O)CCC[C@H](CCC(=O)N(C)Cc1c(C)c(C)c(C)c(C)c1C)[C@H]1CC[C@@H](C)[C@H]1C. The zero-order valence-electron chi connectivity index (χ0n) is 45.3. The van der Waals surface area contributed by atoms with Crippen LogP contribution in [-0.4, -0.2) is 61.9 Å². The van der Waals surface area contributed by atoms with Crippen LogP contribution in [0, 0.1) is 117 Å². The molecule has 2 aromatic carbocycles. The van der Waals surface area contributed by atoms with Gasteiger partial charge in [-0.2, -0.15) is 0 Å². The number of hydrogen-bond acceptors (Lipinski definition) is 6. The van der Waals surface area contributed by atoms with Gasteiger partial charge in [-0.15, -0.1) is 0 Å². The van der Waals surface area contributed by atoms with Gasteiger partial charge in [0.25, 0.3) is 0 Å². The number of rotatable bonds is 20. The van der Waals surface area contributed by atoms with Crippen LogP contribution in [0.15, 0.2) is 0 Å². The number of amides is 2. The van der Waals surface area contributed by atoms with Crippen LogP contribution in [0.3, 0.4) is 0 Å². The third kappa shape index (κ3) is 14.7. The Hall–Kier alpha value is -3.68. The molecule has 66 heavy (non-hydrogen) atoms. The molecule has 0 saturated heterocycles. The first-order chi connectivity index (χ1) is 31.0. The van der Waals surface area contributed by atoms with E-state index < -0.39 is 0 Å². The molecule has 0 aromatic heterocycles. The van der Waals surface area contributed by atoms with Gasteiger partial charge in [0.2, 0.25) is 11.8 Å². The summed E-state index contributed by atoms with van der Waals surface area (Å²) in [6.07, 6.45) is 12.7. The predicted octanol–water partition coefficient (Wildman–Crippen LogP) is 13.2. The topological polar surface area (TPSA) is 93.2 Å². The van der Waals surface area contributed by atoms with Gasteiger partial charge < -0.3 is 19.3 Å². The first-order valence-corrected chi connectivity index (χ1v) is 25.7. The molecule has 0 heterocycles. The van der Waals surface area contributed by atoms with Crippen molar-refractivity contribution in [3.63, 3.8) is 0 Å². The second-order valence-electron chi connectivity index (χ2n) is 21.4. The Morgan fingerprint density at radius 3 is 1.00 bits per heavy atom. The van der Waals surface area contributed by atoms with Crippen molar-refractivity contribution < 1.29 is 28.7 Å². The van der Waals surface area contributed by atoms with Gasteiger partial charge in [0.1, 0.15) is 0 Å². The van der Waals surface area contributed by atoms with Crippen molar-refractivity contribution in [2.45, 2.75) is 200 Å². The van der Waals surface area contributed by atoms with E-state index in [4.69, 9.17) is 9.47 Å². The molecule has 0 radical (unpaired) electrons. The maximum atomic E-state index is 13.2. The van der Waals surface area contributed by atoms with Crippen LogP contribution in [0.5, 0.6) is 0 Å². The van der Waals surface area contributed by atoms with E-state index in [-0.39, 0.29) is 23.8 Å². The van der Waals surface area contributed by atoms with E-state index in [9.17, 15) is 19.2 Å². The molecule has 0 N–H and O–H groups in total.